The second kappa shape index (κ2) is 11.3. The summed E-state index contributed by atoms with van der Waals surface area (Å²) in [5, 5.41) is 8.09. The van der Waals surface area contributed by atoms with Gasteiger partial charge in [-0.05, 0) is 31.9 Å². The Morgan fingerprint density at radius 1 is 1.26 bits per heavy atom. The van der Waals surface area contributed by atoms with Gasteiger partial charge in [0, 0.05) is 45.6 Å². The number of halogens is 1. The molecular formula is C20H32IN5O. The minimum Gasteiger partial charge on any atom is -0.383 e. The smallest absolute Gasteiger partial charge is 0.193 e. The van der Waals surface area contributed by atoms with Gasteiger partial charge in [-0.1, -0.05) is 24.3 Å². The summed E-state index contributed by atoms with van der Waals surface area (Å²) < 4.78 is 7.17. The van der Waals surface area contributed by atoms with Gasteiger partial charge in [0.25, 0.3) is 0 Å². The van der Waals surface area contributed by atoms with Gasteiger partial charge in [0.2, 0.25) is 0 Å². The molecule has 0 fully saturated rings. The van der Waals surface area contributed by atoms with Crippen LogP contribution in [0.1, 0.15) is 28.1 Å². The van der Waals surface area contributed by atoms with E-state index in [4.69, 9.17) is 4.74 Å². The Morgan fingerprint density at radius 2 is 1.96 bits per heavy atom. The van der Waals surface area contributed by atoms with Crippen molar-refractivity contribution in [3.05, 3.63) is 52.3 Å². The number of aromatic nitrogens is 2. The fourth-order valence-electron chi connectivity index (χ4n) is 3.06. The number of nitrogens with zero attached hydrogens (tertiary/aromatic N) is 4. The van der Waals surface area contributed by atoms with Crippen LogP contribution in [-0.2, 0) is 24.4 Å². The lowest BCUT2D eigenvalue weighted by Crippen LogP contribution is -2.38. The van der Waals surface area contributed by atoms with Crippen LogP contribution in [-0.4, -0.2) is 48.5 Å². The average Bonchev–Trinajstić information content (AvgIpc) is 2.89. The van der Waals surface area contributed by atoms with Gasteiger partial charge in [0.05, 0.1) is 18.8 Å². The quantitative estimate of drug-likeness (QED) is 0.372. The molecule has 0 saturated heterocycles. The number of guanidine groups is 1. The van der Waals surface area contributed by atoms with E-state index in [2.05, 4.69) is 65.5 Å². The van der Waals surface area contributed by atoms with Crippen molar-refractivity contribution in [2.75, 3.05) is 27.8 Å². The summed E-state index contributed by atoms with van der Waals surface area (Å²) in [6.45, 7) is 9.24. The van der Waals surface area contributed by atoms with Gasteiger partial charge < -0.3 is 15.0 Å². The Kier molecular flexibility index (Phi) is 9.79. The molecule has 150 valence electrons. The predicted molar refractivity (Wildman–Crippen MR) is 122 cm³/mol. The first-order valence-corrected chi connectivity index (χ1v) is 8.96. The van der Waals surface area contributed by atoms with Gasteiger partial charge in [0.1, 0.15) is 0 Å². The van der Waals surface area contributed by atoms with Crippen molar-refractivity contribution in [1.29, 1.82) is 0 Å². The van der Waals surface area contributed by atoms with Crippen LogP contribution >= 0.6 is 24.0 Å². The van der Waals surface area contributed by atoms with E-state index in [-0.39, 0.29) is 24.0 Å². The van der Waals surface area contributed by atoms with E-state index in [9.17, 15) is 0 Å². The molecular weight excluding hydrogens is 453 g/mol. The predicted octanol–water partition coefficient (Wildman–Crippen LogP) is 3.28. The Labute approximate surface area is 180 Å². The third kappa shape index (κ3) is 6.21. The van der Waals surface area contributed by atoms with Crippen molar-refractivity contribution in [1.82, 2.24) is 20.0 Å². The first-order chi connectivity index (χ1) is 12.5. The van der Waals surface area contributed by atoms with Crippen LogP contribution in [0, 0.1) is 20.8 Å². The Hall–Kier alpha value is -1.61. The molecule has 6 nitrogen and oxygen atoms in total. The minimum absolute atomic E-state index is 0. The fraction of sp³-hybridized carbons (Fsp3) is 0.500. The van der Waals surface area contributed by atoms with Gasteiger partial charge in [-0.2, -0.15) is 5.10 Å². The highest BCUT2D eigenvalue weighted by atomic mass is 127. The molecule has 2 aromatic rings. The normalized spacial score (nSPS) is 11.3. The van der Waals surface area contributed by atoms with Crippen LogP contribution in [0.15, 0.2) is 29.3 Å². The van der Waals surface area contributed by atoms with Gasteiger partial charge >= 0.3 is 0 Å². The molecule has 1 aromatic carbocycles. The highest BCUT2D eigenvalue weighted by molar-refractivity contribution is 14.0. The molecule has 2 rings (SSSR count). The molecule has 0 aliphatic heterocycles. The lowest BCUT2D eigenvalue weighted by molar-refractivity contribution is 0.182. The van der Waals surface area contributed by atoms with Crippen molar-refractivity contribution in [2.24, 2.45) is 4.99 Å². The summed E-state index contributed by atoms with van der Waals surface area (Å²) in [6, 6.07) is 8.44. The second-order valence-electron chi connectivity index (χ2n) is 6.55. The molecule has 1 N–H and O–H groups in total. The van der Waals surface area contributed by atoms with Crippen LogP contribution in [0.4, 0.5) is 0 Å². The maximum atomic E-state index is 5.16. The number of hydrogen-bond donors (Lipinski definition) is 1. The number of benzene rings is 1. The molecule has 0 saturated carbocycles. The molecule has 0 spiro atoms. The summed E-state index contributed by atoms with van der Waals surface area (Å²) in [6.07, 6.45) is 0. The molecule has 0 aliphatic rings. The minimum atomic E-state index is 0. The largest absolute Gasteiger partial charge is 0.383 e. The fourth-order valence-corrected chi connectivity index (χ4v) is 3.06. The van der Waals surface area contributed by atoms with Crippen LogP contribution in [0.2, 0.25) is 0 Å². The van der Waals surface area contributed by atoms with E-state index in [1.54, 1.807) is 7.11 Å². The summed E-state index contributed by atoms with van der Waals surface area (Å²) >= 11 is 0. The third-order valence-electron chi connectivity index (χ3n) is 4.70. The van der Waals surface area contributed by atoms with Crippen molar-refractivity contribution in [3.8, 4) is 0 Å². The second-order valence-corrected chi connectivity index (χ2v) is 6.55. The number of methoxy groups -OCH3 is 1. The van der Waals surface area contributed by atoms with Crippen LogP contribution in [0.5, 0.6) is 0 Å². The van der Waals surface area contributed by atoms with Crippen molar-refractivity contribution < 1.29 is 4.74 Å². The number of rotatable bonds is 7. The summed E-state index contributed by atoms with van der Waals surface area (Å²) in [5.74, 6) is 0.872. The highest BCUT2D eigenvalue weighted by Crippen LogP contribution is 2.13. The molecule has 1 heterocycles. The first-order valence-electron chi connectivity index (χ1n) is 8.96. The third-order valence-corrected chi connectivity index (χ3v) is 4.70. The summed E-state index contributed by atoms with van der Waals surface area (Å²) in [7, 11) is 5.59. The van der Waals surface area contributed by atoms with Crippen LogP contribution in [0.25, 0.3) is 0 Å². The van der Waals surface area contributed by atoms with Crippen molar-refractivity contribution >= 4 is 29.9 Å². The SMILES string of the molecule is CN=C(NCc1c(C)nn(CCOC)c1C)N(C)Cc1ccccc1C.I. The van der Waals surface area contributed by atoms with Gasteiger partial charge in [-0.25, -0.2) is 0 Å². The maximum absolute atomic E-state index is 5.16. The first kappa shape index (κ1) is 23.4. The standard InChI is InChI=1S/C20H31N5O.HI/c1-15-9-7-8-10-18(15)14-24(5)20(21-4)22-13-19-16(2)23-25(17(19)3)11-12-26-6;/h7-10H,11-14H2,1-6H3,(H,21,22);1H. The zero-order chi connectivity index (χ0) is 19.1. The van der Waals surface area contributed by atoms with E-state index in [1.807, 2.05) is 18.7 Å². The summed E-state index contributed by atoms with van der Waals surface area (Å²) in [4.78, 5) is 6.57. The van der Waals surface area contributed by atoms with Gasteiger partial charge in [0.15, 0.2) is 5.96 Å². The lowest BCUT2D eigenvalue weighted by atomic mass is 10.1. The van der Waals surface area contributed by atoms with Crippen molar-refractivity contribution in [2.45, 2.75) is 40.4 Å². The molecule has 0 bridgehead atoms. The summed E-state index contributed by atoms with van der Waals surface area (Å²) in [5.41, 5.74) is 6.03. The molecule has 0 atom stereocenters. The van der Waals surface area contributed by atoms with Crippen molar-refractivity contribution in [3.63, 3.8) is 0 Å². The Morgan fingerprint density at radius 3 is 2.59 bits per heavy atom. The zero-order valence-corrected chi connectivity index (χ0v) is 19.6. The molecule has 0 unspecified atom stereocenters. The molecule has 7 heteroatoms. The molecule has 1 aromatic heterocycles. The molecule has 0 radical (unpaired) electrons. The topological polar surface area (TPSA) is 54.7 Å². The molecule has 27 heavy (non-hydrogen) atoms. The van der Waals surface area contributed by atoms with Gasteiger partial charge in [-0.3, -0.25) is 9.67 Å². The van der Waals surface area contributed by atoms with E-state index in [0.29, 0.717) is 13.2 Å². The monoisotopic (exact) mass is 485 g/mol. The number of ether oxygens (including phenoxy) is 1. The number of aliphatic imine (C=N–C) groups is 1. The Balaban J connectivity index is 0.00000364. The maximum Gasteiger partial charge on any atom is 0.193 e. The number of hydrogen-bond acceptors (Lipinski definition) is 3. The highest BCUT2D eigenvalue weighted by Gasteiger charge is 2.13. The zero-order valence-electron chi connectivity index (χ0n) is 17.2. The number of nitrogens with one attached hydrogen (secondary N) is 1. The van der Waals surface area contributed by atoms with E-state index < -0.39 is 0 Å². The number of aryl methyl sites for hydroxylation is 2. The molecule has 0 amide bonds. The Bertz CT molecular complexity index is 757. The van der Waals surface area contributed by atoms with Gasteiger partial charge in [-0.15, -0.1) is 24.0 Å². The average molecular weight is 485 g/mol. The van der Waals surface area contributed by atoms with Crippen LogP contribution < -0.4 is 5.32 Å². The van der Waals surface area contributed by atoms with Crippen LogP contribution in [0.3, 0.4) is 0 Å². The molecule has 0 aliphatic carbocycles. The van der Waals surface area contributed by atoms with E-state index in [1.165, 1.54) is 22.4 Å². The van der Waals surface area contributed by atoms with E-state index in [0.717, 1.165) is 24.7 Å². The van der Waals surface area contributed by atoms with E-state index >= 15 is 0 Å². The lowest BCUT2D eigenvalue weighted by Gasteiger charge is -2.23.